The van der Waals surface area contributed by atoms with Crippen molar-refractivity contribution in [1.29, 1.82) is 0 Å². The van der Waals surface area contributed by atoms with E-state index in [0.29, 0.717) is 11.1 Å². The summed E-state index contributed by atoms with van der Waals surface area (Å²) in [7, 11) is 0. The number of benzene rings is 1. The molecular formula is C10H6ClN3O2. The van der Waals surface area contributed by atoms with Gasteiger partial charge in [0.05, 0.1) is 11.1 Å². The quantitative estimate of drug-likeness (QED) is 0.593. The van der Waals surface area contributed by atoms with Gasteiger partial charge in [0.1, 0.15) is 0 Å². The molecule has 0 amide bonds. The zero-order valence-electron chi connectivity index (χ0n) is 8.00. The van der Waals surface area contributed by atoms with E-state index in [1.54, 1.807) is 18.2 Å². The summed E-state index contributed by atoms with van der Waals surface area (Å²) in [6.45, 7) is 0. The van der Waals surface area contributed by atoms with Crippen molar-refractivity contribution in [3.8, 4) is 11.1 Å². The van der Waals surface area contributed by atoms with Crippen LogP contribution in [0.1, 0.15) is 0 Å². The number of hydrogen-bond donors (Lipinski definition) is 0. The molecule has 0 aliphatic rings. The van der Waals surface area contributed by atoms with Gasteiger partial charge in [-0.1, -0.05) is 23.7 Å². The van der Waals surface area contributed by atoms with Gasteiger partial charge in [-0.15, -0.1) is 5.10 Å². The predicted molar refractivity (Wildman–Crippen MR) is 59.1 cm³/mol. The third-order valence-corrected chi connectivity index (χ3v) is 2.32. The van der Waals surface area contributed by atoms with E-state index < -0.39 is 4.92 Å². The number of hydrogen-bond acceptors (Lipinski definition) is 4. The summed E-state index contributed by atoms with van der Waals surface area (Å²) in [5, 5.41) is 18.1. The lowest BCUT2D eigenvalue weighted by Crippen LogP contribution is -1.90. The van der Waals surface area contributed by atoms with Crippen LogP contribution in [-0.2, 0) is 0 Å². The molecule has 2 aromatic rings. The van der Waals surface area contributed by atoms with Crippen LogP contribution >= 0.6 is 11.6 Å². The number of nitro benzene ring substituents is 1. The van der Waals surface area contributed by atoms with Gasteiger partial charge in [0, 0.05) is 17.7 Å². The maximum Gasteiger partial charge on any atom is 0.270 e. The van der Waals surface area contributed by atoms with Gasteiger partial charge in [0.15, 0.2) is 5.15 Å². The van der Waals surface area contributed by atoms with Gasteiger partial charge in [0.2, 0.25) is 0 Å². The molecule has 0 radical (unpaired) electrons. The minimum Gasteiger partial charge on any atom is -0.258 e. The molecule has 0 atom stereocenters. The molecule has 2 rings (SSSR count). The van der Waals surface area contributed by atoms with Crippen molar-refractivity contribution in [3.63, 3.8) is 0 Å². The van der Waals surface area contributed by atoms with E-state index in [0.717, 1.165) is 0 Å². The average Bonchev–Trinajstić information content (AvgIpc) is 2.30. The number of nitrogens with zero attached hydrogens (tertiary/aromatic N) is 3. The molecule has 0 N–H and O–H groups in total. The summed E-state index contributed by atoms with van der Waals surface area (Å²) in [5.74, 6) is 0. The fourth-order valence-electron chi connectivity index (χ4n) is 1.32. The van der Waals surface area contributed by atoms with Crippen molar-refractivity contribution >= 4 is 17.3 Å². The van der Waals surface area contributed by atoms with Crippen LogP contribution in [-0.4, -0.2) is 15.1 Å². The molecule has 0 aliphatic carbocycles. The lowest BCUT2D eigenvalue weighted by atomic mass is 10.1. The van der Waals surface area contributed by atoms with Crippen LogP contribution in [0.25, 0.3) is 11.1 Å². The van der Waals surface area contributed by atoms with Gasteiger partial charge in [0.25, 0.3) is 5.69 Å². The molecule has 6 heteroatoms. The second-order valence-electron chi connectivity index (χ2n) is 3.04. The molecule has 5 nitrogen and oxygen atoms in total. The van der Waals surface area contributed by atoms with Crippen molar-refractivity contribution in [1.82, 2.24) is 10.2 Å². The molecule has 1 aromatic carbocycles. The van der Waals surface area contributed by atoms with Gasteiger partial charge < -0.3 is 0 Å². The van der Waals surface area contributed by atoms with Gasteiger partial charge in [-0.3, -0.25) is 10.1 Å². The summed E-state index contributed by atoms with van der Waals surface area (Å²) in [6.07, 6.45) is 1.49. The molecule has 0 bridgehead atoms. The topological polar surface area (TPSA) is 68.9 Å². The second-order valence-corrected chi connectivity index (χ2v) is 3.40. The maximum absolute atomic E-state index is 10.6. The van der Waals surface area contributed by atoms with E-state index >= 15 is 0 Å². The first-order valence-electron chi connectivity index (χ1n) is 4.40. The highest BCUT2D eigenvalue weighted by atomic mass is 35.5. The van der Waals surface area contributed by atoms with Crippen molar-refractivity contribution in [2.24, 2.45) is 0 Å². The summed E-state index contributed by atoms with van der Waals surface area (Å²) in [5.41, 5.74) is 1.29. The molecule has 0 spiro atoms. The fraction of sp³-hybridized carbons (Fsp3) is 0. The molecule has 1 heterocycles. The predicted octanol–water partition coefficient (Wildman–Crippen LogP) is 2.71. The number of rotatable bonds is 2. The first-order chi connectivity index (χ1) is 7.68. The Hall–Kier alpha value is -2.01. The lowest BCUT2D eigenvalue weighted by molar-refractivity contribution is -0.384. The Labute approximate surface area is 95.9 Å². The van der Waals surface area contributed by atoms with E-state index in [1.807, 2.05) is 0 Å². The minimum absolute atomic E-state index is 0.0189. The van der Waals surface area contributed by atoms with Crippen LogP contribution in [0.2, 0.25) is 5.15 Å². The van der Waals surface area contributed by atoms with Gasteiger partial charge in [-0.05, 0) is 11.6 Å². The maximum atomic E-state index is 10.6. The van der Waals surface area contributed by atoms with E-state index in [1.165, 1.54) is 18.3 Å². The highest BCUT2D eigenvalue weighted by Crippen LogP contribution is 2.27. The molecule has 0 saturated heterocycles. The summed E-state index contributed by atoms with van der Waals surface area (Å²) in [6, 6.07) is 7.86. The van der Waals surface area contributed by atoms with Gasteiger partial charge in [-0.2, -0.15) is 5.10 Å². The zero-order valence-corrected chi connectivity index (χ0v) is 8.76. The Balaban J connectivity index is 2.53. The standard InChI is InChI=1S/C10H6ClN3O2/c11-10-9(4-5-12-13-10)7-2-1-3-8(6-7)14(15)16/h1-6H. The minimum atomic E-state index is -0.452. The first kappa shape index (κ1) is 10.5. The molecule has 0 fully saturated rings. The van der Waals surface area contributed by atoms with Crippen molar-refractivity contribution < 1.29 is 4.92 Å². The normalized spacial score (nSPS) is 10.1. The smallest absolute Gasteiger partial charge is 0.258 e. The van der Waals surface area contributed by atoms with Crippen molar-refractivity contribution in [3.05, 3.63) is 51.8 Å². The van der Waals surface area contributed by atoms with Crippen LogP contribution in [0.4, 0.5) is 5.69 Å². The molecule has 0 saturated carbocycles. The summed E-state index contributed by atoms with van der Waals surface area (Å²) in [4.78, 5) is 10.2. The van der Waals surface area contributed by atoms with E-state index in [9.17, 15) is 10.1 Å². The number of aromatic nitrogens is 2. The Morgan fingerprint density at radius 3 is 2.81 bits per heavy atom. The number of non-ortho nitro benzene ring substituents is 1. The van der Waals surface area contributed by atoms with Crippen molar-refractivity contribution in [2.45, 2.75) is 0 Å². The highest BCUT2D eigenvalue weighted by Gasteiger charge is 2.09. The molecular weight excluding hydrogens is 230 g/mol. The van der Waals surface area contributed by atoms with Crippen LogP contribution in [0, 0.1) is 10.1 Å². The van der Waals surface area contributed by atoms with E-state index in [4.69, 9.17) is 11.6 Å². The zero-order chi connectivity index (χ0) is 11.5. The van der Waals surface area contributed by atoms with Crippen LogP contribution in [0.3, 0.4) is 0 Å². The highest BCUT2D eigenvalue weighted by molar-refractivity contribution is 6.32. The van der Waals surface area contributed by atoms with Gasteiger partial charge in [-0.25, -0.2) is 0 Å². The fourth-order valence-corrected chi connectivity index (χ4v) is 1.53. The van der Waals surface area contributed by atoms with Gasteiger partial charge >= 0.3 is 0 Å². The molecule has 16 heavy (non-hydrogen) atoms. The number of halogens is 1. The Morgan fingerprint density at radius 1 is 1.31 bits per heavy atom. The molecule has 1 aromatic heterocycles. The van der Waals surface area contributed by atoms with E-state index in [2.05, 4.69) is 10.2 Å². The number of nitro groups is 1. The molecule has 0 unspecified atom stereocenters. The molecule has 0 aliphatic heterocycles. The largest absolute Gasteiger partial charge is 0.270 e. The van der Waals surface area contributed by atoms with Crippen LogP contribution in [0.15, 0.2) is 36.5 Å². The Morgan fingerprint density at radius 2 is 2.12 bits per heavy atom. The van der Waals surface area contributed by atoms with Crippen LogP contribution in [0.5, 0.6) is 0 Å². The SMILES string of the molecule is O=[N+]([O-])c1cccc(-c2ccnnc2Cl)c1. The summed E-state index contributed by atoms with van der Waals surface area (Å²) < 4.78 is 0. The Bertz CT molecular complexity index is 545. The Kier molecular flexibility index (Phi) is 2.78. The third kappa shape index (κ3) is 1.99. The molecule has 80 valence electrons. The van der Waals surface area contributed by atoms with E-state index in [-0.39, 0.29) is 10.8 Å². The van der Waals surface area contributed by atoms with Crippen molar-refractivity contribution in [2.75, 3.05) is 0 Å². The monoisotopic (exact) mass is 235 g/mol. The lowest BCUT2D eigenvalue weighted by Gasteiger charge is -2.01. The van der Waals surface area contributed by atoms with Crippen LogP contribution < -0.4 is 0 Å². The average molecular weight is 236 g/mol. The second kappa shape index (κ2) is 4.24. The first-order valence-corrected chi connectivity index (χ1v) is 4.78. The summed E-state index contributed by atoms with van der Waals surface area (Å²) >= 11 is 5.85. The third-order valence-electron chi connectivity index (χ3n) is 2.04.